The van der Waals surface area contributed by atoms with Crippen molar-refractivity contribution in [2.75, 3.05) is 5.32 Å². The summed E-state index contributed by atoms with van der Waals surface area (Å²) in [7, 11) is 0. The van der Waals surface area contributed by atoms with Gasteiger partial charge in [-0.1, -0.05) is 11.2 Å². The van der Waals surface area contributed by atoms with E-state index < -0.39 is 15.8 Å². The third-order valence-corrected chi connectivity index (χ3v) is 4.26. The van der Waals surface area contributed by atoms with Crippen molar-refractivity contribution in [2.45, 2.75) is 27.3 Å². The first kappa shape index (κ1) is 19.7. The second-order valence-corrected chi connectivity index (χ2v) is 6.36. The van der Waals surface area contributed by atoms with Crippen LogP contribution < -0.4 is 5.32 Å². The minimum Gasteiger partial charge on any atom is -0.361 e. The zero-order valence-electron chi connectivity index (χ0n) is 15.7. The lowest BCUT2D eigenvalue weighted by Crippen LogP contribution is -2.17. The maximum atomic E-state index is 12.7. The minimum absolute atomic E-state index is 0.00769. The highest BCUT2D eigenvalue weighted by Crippen LogP contribution is 2.26. The van der Waals surface area contributed by atoms with E-state index in [1.807, 2.05) is 0 Å². The number of carbonyl (C=O) groups excluding carboxylic acids is 1. The summed E-state index contributed by atoms with van der Waals surface area (Å²) in [5, 5.41) is 32.3. The third kappa shape index (κ3) is 3.95. The predicted molar refractivity (Wildman–Crippen MR) is 99.7 cm³/mol. The molecule has 0 spiro atoms. The van der Waals surface area contributed by atoms with Gasteiger partial charge in [-0.3, -0.25) is 14.9 Å². The number of carbonyl (C=O) groups is 1. The first-order valence-electron chi connectivity index (χ1n) is 8.37. The molecule has 29 heavy (non-hydrogen) atoms. The van der Waals surface area contributed by atoms with Crippen molar-refractivity contribution in [3.63, 3.8) is 0 Å². The summed E-state index contributed by atoms with van der Waals surface area (Å²) in [6.07, 6.45) is 0. The lowest BCUT2D eigenvalue weighted by Gasteiger charge is -2.06. The normalized spacial score (nSPS) is 10.7. The fraction of sp³-hybridized carbons (Fsp3) is 0.235. The molecule has 0 saturated carbocycles. The van der Waals surface area contributed by atoms with Gasteiger partial charge in [0.05, 0.1) is 33.9 Å². The van der Waals surface area contributed by atoms with Crippen LogP contribution in [0.4, 0.5) is 17.2 Å². The summed E-state index contributed by atoms with van der Waals surface area (Å²) >= 11 is 0. The molecule has 1 N–H and O–H groups in total. The molecule has 0 radical (unpaired) electrons. The summed E-state index contributed by atoms with van der Waals surface area (Å²) in [5.41, 5.74) is 1.22. The van der Waals surface area contributed by atoms with Crippen molar-refractivity contribution in [3.8, 4) is 0 Å². The van der Waals surface area contributed by atoms with Crippen molar-refractivity contribution < 1.29 is 19.2 Å². The molecule has 2 aromatic heterocycles. The van der Waals surface area contributed by atoms with E-state index in [-0.39, 0.29) is 29.4 Å². The lowest BCUT2D eigenvalue weighted by atomic mass is 10.1. The number of aryl methyl sites for hydroxylation is 3. The van der Waals surface area contributed by atoms with Gasteiger partial charge in [0.25, 0.3) is 11.6 Å². The van der Waals surface area contributed by atoms with Crippen LogP contribution in [-0.4, -0.2) is 30.7 Å². The van der Waals surface area contributed by atoms with Gasteiger partial charge in [-0.15, -0.1) is 0 Å². The number of nitro benzene ring substituents is 1. The summed E-state index contributed by atoms with van der Waals surface area (Å²) in [5.74, 6) is -0.702. The fourth-order valence-electron chi connectivity index (χ4n) is 2.73. The molecule has 0 fully saturated rings. The number of nitrogens with one attached hydrogen (secondary N) is 1. The summed E-state index contributed by atoms with van der Waals surface area (Å²) < 4.78 is 6.45. The predicted octanol–water partition coefficient (Wildman–Crippen LogP) is 2.91. The number of anilines is 1. The molecule has 150 valence electrons. The summed E-state index contributed by atoms with van der Waals surface area (Å²) in [6.45, 7) is 4.93. The molecule has 3 aromatic rings. The van der Waals surface area contributed by atoms with Gasteiger partial charge < -0.3 is 20.0 Å². The van der Waals surface area contributed by atoms with Crippen molar-refractivity contribution in [1.82, 2.24) is 14.9 Å². The Kier molecular flexibility index (Phi) is 5.08. The van der Waals surface area contributed by atoms with E-state index >= 15 is 0 Å². The smallest absolute Gasteiger partial charge is 0.361 e. The Morgan fingerprint density at radius 2 is 1.90 bits per heavy atom. The maximum absolute atomic E-state index is 12.7. The summed E-state index contributed by atoms with van der Waals surface area (Å²) in [4.78, 5) is 33.6. The average Bonchev–Trinajstić information content (AvgIpc) is 3.20. The van der Waals surface area contributed by atoms with Crippen LogP contribution in [0.15, 0.2) is 28.8 Å². The Hall–Kier alpha value is -4.09. The van der Waals surface area contributed by atoms with Crippen LogP contribution in [0.1, 0.15) is 33.1 Å². The van der Waals surface area contributed by atoms with Crippen LogP contribution in [0.25, 0.3) is 0 Å². The molecule has 0 aliphatic carbocycles. The standard InChI is InChI=1S/C17H16N6O6/c1-9-4-5-13(14(6-9)22(25)26)18-17(24)16-12(11(3)29-20-16)8-21-10(2)7-15(19-21)23(27)28/h4-7H,8H2,1-3H3,(H,18,24). The maximum Gasteiger partial charge on any atom is 0.390 e. The molecular weight excluding hydrogens is 384 g/mol. The average molecular weight is 400 g/mol. The molecule has 2 heterocycles. The van der Waals surface area contributed by atoms with Crippen molar-refractivity contribution in [3.05, 3.63) is 72.8 Å². The Balaban J connectivity index is 1.91. The molecule has 0 unspecified atom stereocenters. The van der Waals surface area contributed by atoms with Crippen LogP contribution >= 0.6 is 0 Å². The Labute approximate surface area is 163 Å². The van der Waals surface area contributed by atoms with Gasteiger partial charge in [0.2, 0.25) is 0 Å². The second kappa shape index (κ2) is 7.50. The molecule has 1 amide bonds. The van der Waals surface area contributed by atoms with Gasteiger partial charge in [0, 0.05) is 6.07 Å². The van der Waals surface area contributed by atoms with Crippen LogP contribution in [0.5, 0.6) is 0 Å². The minimum atomic E-state index is -0.705. The summed E-state index contributed by atoms with van der Waals surface area (Å²) in [6, 6.07) is 5.71. The Bertz CT molecular complexity index is 1130. The molecule has 0 aliphatic heterocycles. The second-order valence-electron chi connectivity index (χ2n) is 6.36. The van der Waals surface area contributed by atoms with Crippen LogP contribution in [0.3, 0.4) is 0 Å². The molecule has 0 saturated heterocycles. The van der Waals surface area contributed by atoms with Gasteiger partial charge in [0.1, 0.15) is 11.4 Å². The number of nitro groups is 2. The van der Waals surface area contributed by atoms with Gasteiger partial charge in [-0.25, -0.2) is 0 Å². The first-order valence-corrected chi connectivity index (χ1v) is 8.37. The third-order valence-electron chi connectivity index (χ3n) is 4.26. The number of aromatic nitrogens is 3. The number of amides is 1. The number of hydrogen-bond donors (Lipinski definition) is 1. The van der Waals surface area contributed by atoms with E-state index in [0.717, 1.165) is 0 Å². The Morgan fingerprint density at radius 1 is 1.17 bits per heavy atom. The van der Waals surface area contributed by atoms with Crippen molar-refractivity contribution in [2.24, 2.45) is 0 Å². The molecule has 12 heteroatoms. The topological polar surface area (TPSA) is 159 Å². The van der Waals surface area contributed by atoms with E-state index in [2.05, 4.69) is 15.6 Å². The molecule has 1 aromatic carbocycles. The monoisotopic (exact) mass is 400 g/mol. The Morgan fingerprint density at radius 3 is 2.52 bits per heavy atom. The van der Waals surface area contributed by atoms with Crippen LogP contribution in [0.2, 0.25) is 0 Å². The quantitative estimate of drug-likeness (QED) is 0.488. The number of hydrogen-bond acceptors (Lipinski definition) is 8. The molecule has 0 atom stereocenters. The lowest BCUT2D eigenvalue weighted by molar-refractivity contribution is -0.389. The first-order chi connectivity index (χ1) is 13.7. The van der Waals surface area contributed by atoms with Crippen molar-refractivity contribution in [1.29, 1.82) is 0 Å². The van der Waals surface area contributed by atoms with Gasteiger partial charge in [-0.05, 0) is 37.3 Å². The highest BCUT2D eigenvalue weighted by molar-refractivity contribution is 6.05. The largest absolute Gasteiger partial charge is 0.390 e. The van der Waals surface area contributed by atoms with E-state index in [0.29, 0.717) is 22.6 Å². The zero-order chi connectivity index (χ0) is 21.3. The van der Waals surface area contributed by atoms with Crippen LogP contribution in [0, 0.1) is 41.0 Å². The zero-order valence-corrected chi connectivity index (χ0v) is 15.7. The number of nitrogens with zero attached hydrogens (tertiary/aromatic N) is 5. The van der Waals surface area contributed by atoms with Crippen molar-refractivity contribution >= 4 is 23.1 Å². The fourth-order valence-corrected chi connectivity index (χ4v) is 2.73. The highest BCUT2D eigenvalue weighted by Gasteiger charge is 2.25. The molecule has 12 nitrogen and oxygen atoms in total. The SMILES string of the molecule is Cc1ccc(NC(=O)c2noc(C)c2Cn2nc([N+](=O)[O-])cc2C)c([N+](=O)[O-])c1. The highest BCUT2D eigenvalue weighted by atomic mass is 16.6. The van der Waals surface area contributed by atoms with Crippen LogP contribution in [-0.2, 0) is 6.54 Å². The van der Waals surface area contributed by atoms with E-state index in [9.17, 15) is 25.0 Å². The number of rotatable bonds is 6. The molecule has 0 bridgehead atoms. The van der Waals surface area contributed by atoms with Gasteiger partial charge in [0.15, 0.2) is 5.69 Å². The van der Waals surface area contributed by atoms with Gasteiger partial charge in [-0.2, -0.15) is 4.68 Å². The van der Waals surface area contributed by atoms with Gasteiger partial charge >= 0.3 is 5.82 Å². The van der Waals surface area contributed by atoms with E-state index in [1.165, 1.54) is 22.9 Å². The van der Waals surface area contributed by atoms with E-state index in [1.54, 1.807) is 26.8 Å². The van der Waals surface area contributed by atoms with E-state index in [4.69, 9.17) is 4.52 Å². The molecule has 3 rings (SSSR count). The number of benzene rings is 1. The molecular formula is C17H16N6O6. The molecule has 0 aliphatic rings.